The second-order valence-corrected chi connectivity index (χ2v) is 2.46. The van der Waals surface area contributed by atoms with Gasteiger partial charge in [0.2, 0.25) is 5.76 Å². The second-order valence-electron chi connectivity index (χ2n) is 2.02. The summed E-state index contributed by atoms with van der Waals surface area (Å²) < 4.78 is 9.37. The summed E-state index contributed by atoms with van der Waals surface area (Å²) in [5.41, 5.74) is 5.25. The summed E-state index contributed by atoms with van der Waals surface area (Å²) in [6.45, 7) is 0. The van der Waals surface area contributed by atoms with E-state index in [0.29, 0.717) is 5.76 Å². The summed E-state index contributed by atoms with van der Waals surface area (Å²) in [5, 5.41) is 0. The molecule has 0 aliphatic rings. The predicted octanol–water partition coefficient (Wildman–Crippen LogP) is 0.700. The number of carbonyl (C=O) groups excluding carboxylic acids is 1. The summed E-state index contributed by atoms with van der Waals surface area (Å²) in [6.07, 6.45) is 0. The van der Waals surface area contributed by atoms with Crippen molar-refractivity contribution < 1.29 is 13.9 Å². The highest BCUT2D eigenvalue weighted by atomic mass is 32.1. The van der Waals surface area contributed by atoms with Crippen LogP contribution >= 0.6 is 12.2 Å². The lowest BCUT2D eigenvalue weighted by Gasteiger charge is -1.92. The smallest absolute Gasteiger partial charge is 0.373 e. The molecule has 1 aromatic heterocycles. The molecule has 0 aromatic carbocycles. The highest BCUT2D eigenvalue weighted by Crippen LogP contribution is 2.08. The van der Waals surface area contributed by atoms with Crippen LogP contribution in [0.4, 0.5) is 0 Å². The third-order valence-electron chi connectivity index (χ3n) is 1.24. The zero-order valence-electron chi connectivity index (χ0n) is 6.37. The monoisotopic (exact) mass is 185 g/mol. The summed E-state index contributed by atoms with van der Waals surface area (Å²) >= 11 is 4.63. The van der Waals surface area contributed by atoms with Gasteiger partial charge in [0.15, 0.2) is 5.76 Å². The van der Waals surface area contributed by atoms with Crippen LogP contribution in [0.2, 0.25) is 0 Å². The van der Waals surface area contributed by atoms with E-state index < -0.39 is 5.97 Å². The van der Waals surface area contributed by atoms with Crippen molar-refractivity contribution in [3.63, 3.8) is 0 Å². The molecular formula is C7H7NO3S. The Balaban J connectivity index is 2.91. The molecule has 0 amide bonds. The van der Waals surface area contributed by atoms with Gasteiger partial charge in [0, 0.05) is 0 Å². The Morgan fingerprint density at radius 1 is 1.58 bits per heavy atom. The molecule has 2 N–H and O–H groups in total. The number of ether oxygens (including phenoxy) is 1. The van der Waals surface area contributed by atoms with Crippen LogP contribution in [-0.2, 0) is 4.74 Å². The van der Waals surface area contributed by atoms with Crippen LogP contribution in [0.1, 0.15) is 16.3 Å². The van der Waals surface area contributed by atoms with Gasteiger partial charge in [-0.3, -0.25) is 0 Å². The minimum Gasteiger partial charge on any atom is -0.463 e. The van der Waals surface area contributed by atoms with Crippen molar-refractivity contribution in [2.24, 2.45) is 5.73 Å². The average Bonchev–Trinajstić information content (AvgIpc) is 2.51. The van der Waals surface area contributed by atoms with Crippen LogP contribution in [0.5, 0.6) is 0 Å². The molecular weight excluding hydrogens is 178 g/mol. The van der Waals surface area contributed by atoms with Gasteiger partial charge in [-0.15, -0.1) is 0 Å². The molecule has 0 radical (unpaired) electrons. The summed E-state index contributed by atoms with van der Waals surface area (Å²) in [4.78, 5) is 11.0. The lowest BCUT2D eigenvalue weighted by molar-refractivity contribution is 0.0565. The standard InChI is InChI=1S/C7H7NO3S/c1-10-7(9)5-3-2-4(11-5)6(8)12/h2-3H,1H3,(H2,8,12). The first-order valence-electron chi connectivity index (χ1n) is 3.13. The van der Waals surface area contributed by atoms with Crippen LogP contribution in [0.15, 0.2) is 16.5 Å². The summed E-state index contributed by atoms with van der Waals surface area (Å²) in [7, 11) is 1.27. The van der Waals surface area contributed by atoms with Crippen LogP contribution in [-0.4, -0.2) is 18.1 Å². The van der Waals surface area contributed by atoms with Crippen LogP contribution in [0.3, 0.4) is 0 Å². The van der Waals surface area contributed by atoms with Crippen molar-refractivity contribution >= 4 is 23.2 Å². The van der Waals surface area contributed by atoms with Gasteiger partial charge < -0.3 is 14.9 Å². The molecule has 0 bridgehead atoms. The van der Waals surface area contributed by atoms with Crippen LogP contribution < -0.4 is 5.73 Å². The largest absolute Gasteiger partial charge is 0.463 e. The van der Waals surface area contributed by atoms with Gasteiger partial charge in [0.05, 0.1) is 7.11 Å². The highest BCUT2D eigenvalue weighted by Gasteiger charge is 2.11. The number of carbonyl (C=O) groups is 1. The van der Waals surface area contributed by atoms with Gasteiger partial charge in [0.25, 0.3) is 0 Å². The van der Waals surface area contributed by atoms with Gasteiger partial charge in [-0.1, -0.05) is 12.2 Å². The van der Waals surface area contributed by atoms with Crippen molar-refractivity contribution in [1.82, 2.24) is 0 Å². The first-order valence-corrected chi connectivity index (χ1v) is 3.54. The van der Waals surface area contributed by atoms with E-state index in [-0.39, 0.29) is 10.7 Å². The molecule has 0 saturated heterocycles. The van der Waals surface area contributed by atoms with Crippen molar-refractivity contribution in [2.45, 2.75) is 0 Å². The maximum absolute atomic E-state index is 10.8. The Labute approximate surface area is 74.3 Å². The number of hydrogen-bond donors (Lipinski definition) is 1. The van der Waals surface area contributed by atoms with Crippen molar-refractivity contribution in [2.75, 3.05) is 7.11 Å². The number of methoxy groups -OCH3 is 1. The fourth-order valence-electron chi connectivity index (χ4n) is 0.681. The predicted molar refractivity (Wildman–Crippen MR) is 45.9 cm³/mol. The molecule has 1 rings (SSSR count). The lowest BCUT2D eigenvalue weighted by Crippen LogP contribution is -2.07. The van der Waals surface area contributed by atoms with E-state index in [1.807, 2.05) is 0 Å². The topological polar surface area (TPSA) is 65.5 Å². The maximum atomic E-state index is 10.8. The third kappa shape index (κ3) is 1.62. The van der Waals surface area contributed by atoms with Crippen molar-refractivity contribution in [3.8, 4) is 0 Å². The van der Waals surface area contributed by atoms with E-state index in [1.54, 1.807) is 0 Å². The minimum absolute atomic E-state index is 0.0975. The first-order chi connectivity index (χ1) is 5.65. The molecule has 0 aliphatic carbocycles. The number of hydrogen-bond acceptors (Lipinski definition) is 4. The minimum atomic E-state index is -0.544. The first kappa shape index (κ1) is 8.73. The maximum Gasteiger partial charge on any atom is 0.373 e. The van der Waals surface area contributed by atoms with Crippen molar-refractivity contribution in [1.29, 1.82) is 0 Å². The second kappa shape index (κ2) is 3.36. The molecule has 12 heavy (non-hydrogen) atoms. The third-order valence-corrected chi connectivity index (χ3v) is 1.44. The molecule has 0 saturated carbocycles. The number of esters is 1. The lowest BCUT2D eigenvalue weighted by atomic mass is 10.4. The molecule has 64 valence electrons. The molecule has 0 fully saturated rings. The van der Waals surface area contributed by atoms with Gasteiger partial charge in [-0.25, -0.2) is 4.79 Å². The van der Waals surface area contributed by atoms with Crippen molar-refractivity contribution in [3.05, 3.63) is 23.7 Å². The van der Waals surface area contributed by atoms with Gasteiger partial charge >= 0.3 is 5.97 Å². The molecule has 0 unspecified atom stereocenters. The highest BCUT2D eigenvalue weighted by molar-refractivity contribution is 7.80. The normalized spacial score (nSPS) is 9.42. The average molecular weight is 185 g/mol. The zero-order valence-corrected chi connectivity index (χ0v) is 7.18. The molecule has 1 aromatic rings. The Morgan fingerprint density at radius 3 is 2.58 bits per heavy atom. The Morgan fingerprint density at radius 2 is 2.17 bits per heavy atom. The van der Waals surface area contributed by atoms with E-state index in [4.69, 9.17) is 10.2 Å². The molecule has 0 atom stereocenters. The zero-order chi connectivity index (χ0) is 9.14. The Hall–Kier alpha value is -1.36. The van der Waals surface area contributed by atoms with Crippen LogP contribution in [0.25, 0.3) is 0 Å². The number of rotatable bonds is 2. The molecule has 1 heterocycles. The number of nitrogens with two attached hydrogens (primary N) is 1. The van der Waals surface area contributed by atoms with Gasteiger partial charge in [0.1, 0.15) is 4.99 Å². The van der Waals surface area contributed by atoms with E-state index in [0.717, 1.165) is 0 Å². The molecule has 0 aliphatic heterocycles. The quantitative estimate of drug-likeness (QED) is 0.542. The van der Waals surface area contributed by atoms with E-state index in [1.165, 1.54) is 19.2 Å². The summed E-state index contributed by atoms with van der Waals surface area (Å²) in [5.74, 6) is -0.136. The molecule has 4 nitrogen and oxygen atoms in total. The number of furan rings is 1. The van der Waals surface area contributed by atoms with E-state index in [2.05, 4.69) is 17.0 Å². The van der Waals surface area contributed by atoms with Gasteiger partial charge in [-0.05, 0) is 12.1 Å². The van der Waals surface area contributed by atoms with E-state index in [9.17, 15) is 4.79 Å². The SMILES string of the molecule is COC(=O)c1ccc(C(N)=S)o1. The van der Waals surface area contributed by atoms with Gasteiger partial charge in [-0.2, -0.15) is 0 Å². The summed E-state index contributed by atoms with van der Waals surface area (Å²) in [6, 6.07) is 2.98. The van der Waals surface area contributed by atoms with Crippen LogP contribution in [0, 0.1) is 0 Å². The number of thiocarbonyl (C=S) groups is 1. The fourth-order valence-corrected chi connectivity index (χ4v) is 0.790. The molecule has 5 heteroatoms. The molecule has 0 spiro atoms. The fraction of sp³-hybridized carbons (Fsp3) is 0.143. The Bertz CT molecular complexity index is 318. The van der Waals surface area contributed by atoms with E-state index >= 15 is 0 Å². The Kier molecular flexibility index (Phi) is 2.44.